The number of anilines is 1. The SMILES string of the molecule is COc1cccc(N)c1-c1nnnn1-c1cccc(Br)c1. The van der Waals surface area contributed by atoms with E-state index in [0.29, 0.717) is 22.8 Å². The first-order valence-corrected chi connectivity index (χ1v) is 6.97. The number of halogens is 1. The fourth-order valence-corrected chi connectivity index (χ4v) is 2.47. The Kier molecular flexibility index (Phi) is 3.57. The van der Waals surface area contributed by atoms with Crippen LogP contribution in [0.2, 0.25) is 0 Å². The van der Waals surface area contributed by atoms with E-state index in [2.05, 4.69) is 31.5 Å². The highest BCUT2D eigenvalue weighted by Gasteiger charge is 2.18. The molecule has 6 nitrogen and oxygen atoms in total. The molecule has 0 atom stereocenters. The third-order valence-electron chi connectivity index (χ3n) is 3.02. The zero-order valence-corrected chi connectivity index (χ0v) is 12.8. The van der Waals surface area contributed by atoms with Crippen molar-refractivity contribution in [2.45, 2.75) is 0 Å². The second kappa shape index (κ2) is 5.53. The first kappa shape index (κ1) is 13.6. The Balaban J connectivity index is 2.21. The van der Waals surface area contributed by atoms with E-state index >= 15 is 0 Å². The van der Waals surface area contributed by atoms with Gasteiger partial charge < -0.3 is 10.5 Å². The number of nitrogen functional groups attached to an aromatic ring is 1. The number of rotatable bonds is 3. The lowest BCUT2D eigenvalue weighted by Gasteiger charge is -2.11. The van der Waals surface area contributed by atoms with Gasteiger partial charge in [-0.2, -0.15) is 4.68 Å². The van der Waals surface area contributed by atoms with Crippen molar-refractivity contribution in [3.8, 4) is 22.8 Å². The van der Waals surface area contributed by atoms with Crippen LogP contribution in [-0.2, 0) is 0 Å². The van der Waals surface area contributed by atoms with Gasteiger partial charge in [0.25, 0.3) is 0 Å². The molecule has 2 aromatic carbocycles. The van der Waals surface area contributed by atoms with Gasteiger partial charge in [-0.05, 0) is 40.8 Å². The predicted octanol–water partition coefficient (Wildman–Crippen LogP) is 2.68. The molecule has 0 amide bonds. The summed E-state index contributed by atoms with van der Waals surface area (Å²) in [6.45, 7) is 0. The van der Waals surface area contributed by atoms with Crippen LogP contribution in [0.5, 0.6) is 5.75 Å². The molecule has 0 spiro atoms. The first-order valence-electron chi connectivity index (χ1n) is 6.18. The topological polar surface area (TPSA) is 78.8 Å². The maximum Gasteiger partial charge on any atom is 0.192 e. The van der Waals surface area contributed by atoms with Crippen LogP contribution in [0, 0.1) is 0 Å². The van der Waals surface area contributed by atoms with E-state index in [1.54, 1.807) is 17.9 Å². The molecule has 21 heavy (non-hydrogen) atoms. The predicted molar refractivity (Wildman–Crippen MR) is 83.3 cm³/mol. The summed E-state index contributed by atoms with van der Waals surface area (Å²) < 4.78 is 7.93. The van der Waals surface area contributed by atoms with Crippen molar-refractivity contribution >= 4 is 21.6 Å². The standard InChI is InChI=1S/C14H12BrN5O/c1-21-12-7-3-6-11(16)13(12)14-17-18-19-20(14)10-5-2-4-9(15)8-10/h2-8H,16H2,1H3. The number of benzene rings is 2. The lowest BCUT2D eigenvalue weighted by atomic mass is 10.1. The molecular formula is C14H12BrN5O. The molecule has 0 bridgehead atoms. The number of ether oxygens (including phenoxy) is 1. The minimum atomic E-state index is 0.531. The molecular weight excluding hydrogens is 334 g/mol. The van der Waals surface area contributed by atoms with Crippen LogP contribution in [-0.4, -0.2) is 27.3 Å². The Hall–Kier alpha value is -2.41. The molecule has 1 heterocycles. The average Bonchev–Trinajstić information content (AvgIpc) is 2.96. The molecule has 3 rings (SSSR count). The molecule has 106 valence electrons. The van der Waals surface area contributed by atoms with Crippen molar-refractivity contribution in [2.24, 2.45) is 0 Å². The second-order valence-corrected chi connectivity index (χ2v) is 5.23. The van der Waals surface area contributed by atoms with Crippen molar-refractivity contribution < 1.29 is 4.74 Å². The fraction of sp³-hybridized carbons (Fsp3) is 0.0714. The minimum Gasteiger partial charge on any atom is -0.496 e. The molecule has 0 fully saturated rings. The molecule has 0 saturated heterocycles. The minimum absolute atomic E-state index is 0.531. The highest BCUT2D eigenvalue weighted by atomic mass is 79.9. The molecule has 0 aliphatic rings. The van der Waals surface area contributed by atoms with Gasteiger partial charge in [0.05, 0.1) is 18.4 Å². The first-order chi connectivity index (χ1) is 10.2. The summed E-state index contributed by atoms with van der Waals surface area (Å²) in [6.07, 6.45) is 0. The molecule has 0 aliphatic heterocycles. The number of tetrazole rings is 1. The van der Waals surface area contributed by atoms with Gasteiger partial charge in [-0.1, -0.05) is 28.1 Å². The molecule has 0 radical (unpaired) electrons. The van der Waals surface area contributed by atoms with Crippen LogP contribution >= 0.6 is 15.9 Å². The monoisotopic (exact) mass is 345 g/mol. The normalized spacial score (nSPS) is 10.6. The van der Waals surface area contributed by atoms with E-state index in [1.165, 1.54) is 0 Å². The van der Waals surface area contributed by atoms with E-state index in [-0.39, 0.29) is 0 Å². The fourth-order valence-electron chi connectivity index (χ4n) is 2.08. The van der Waals surface area contributed by atoms with Crippen molar-refractivity contribution in [3.63, 3.8) is 0 Å². The highest BCUT2D eigenvalue weighted by molar-refractivity contribution is 9.10. The van der Waals surface area contributed by atoms with Gasteiger partial charge in [0.2, 0.25) is 0 Å². The Morgan fingerprint density at radius 3 is 2.76 bits per heavy atom. The molecule has 0 saturated carbocycles. The molecule has 0 aliphatic carbocycles. The van der Waals surface area contributed by atoms with Gasteiger partial charge >= 0.3 is 0 Å². The van der Waals surface area contributed by atoms with Crippen molar-refractivity contribution in [1.82, 2.24) is 20.2 Å². The van der Waals surface area contributed by atoms with Crippen molar-refractivity contribution in [1.29, 1.82) is 0 Å². The van der Waals surface area contributed by atoms with Crippen LogP contribution in [0.25, 0.3) is 17.1 Å². The summed E-state index contributed by atoms with van der Waals surface area (Å²) in [6, 6.07) is 13.1. The Morgan fingerprint density at radius 1 is 1.19 bits per heavy atom. The quantitative estimate of drug-likeness (QED) is 0.738. The van der Waals surface area contributed by atoms with E-state index in [4.69, 9.17) is 10.5 Å². The van der Waals surface area contributed by atoms with E-state index < -0.39 is 0 Å². The highest BCUT2D eigenvalue weighted by Crippen LogP contribution is 2.34. The van der Waals surface area contributed by atoms with E-state index in [0.717, 1.165) is 10.2 Å². The number of hydrogen-bond acceptors (Lipinski definition) is 5. The summed E-state index contributed by atoms with van der Waals surface area (Å²) in [5.41, 5.74) is 8.12. The van der Waals surface area contributed by atoms with Gasteiger partial charge in [-0.15, -0.1) is 5.10 Å². The molecule has 1 aromatic heterocycles. The summed E-state index contributed by atoms with van der Waals surface area (Å²) in [4.78, 5) is 0. The molecule has 3 aromatic rings. The second-order valence-electron chi connectivity index (χ2n) is 4.32. The summed E-state index contributed by atoms with van der Waals surface area (Å²) >= 11 is 3.44. The maximum atomic E-state index is 6.07. The molecule has 2 N–H and O–H groups in total. The average molecular weight is 346 g/mol. The van der Waals surface area contributed by atoms with Gasteiger partial charge in [0, 0.05) is 10.2 Å². The zero-order valence-electron chi connectivity index (χ0n) is 11.2. The largest absolute Gasteiger partial charge is 0.496 e. The van der Waals surface area contributed by atoms with E-state index in [9.17, 15) is 0 Å². The molecule has 7 heteroatoms. The van der Waals surface area contributed by atoms with Crippen LogP contribution in [0.15, 0.2) is 46.9 Å². The number of hydrogen-bond donors (Lipinski definition) is 1. The smallest absolute Gasteiger partial charge is 0.192 e. The van der Waals surface area contributed by atoms with Crippen LogP contribution in [0.4, 0.5) is 5.69 Å². The Morgan fingerprint density at radius 2 is 2.00 bits per heavy atom. The maximum absolute atomic E-state index is 6.07. The van der Waals surface area contributed by atoms with Gasteiger partial charge in [-0.25, -0.2) is 0 Å². The van der Waals surface area contributed by atoms with Crippen LogP contribution < -0.4 is 10.5 Å². The number of nitrogens with zero attached hydrogens (tertiary/aromatic N) is 4. The Bertz CT molecular complexity index is 787. The number of methoxy groups -OCH3 is 1. The third-order valence-corrected chi connectivity index (χ3v) is 3.52. The van der Waals surface area contributed by atoms with Crippen LogP contribution in [0.1, 0.15) is 0 Å². The van der Waals surface area contributed by atoms with Crippen LogP contribution in [0.3, 0.4) is 0 Å². The lowest BCUT2D eigenvalue weighted by molar-refractivity contribution is 0.416. The third kappa shape index (κ3) is 2.47. The molecule has 0 unspecified atom stereocenters. The van der Waals surface area contributed by atoms with Gasteiger partial charge in [-0.3, -0.25) is 0 Å². The lowest BCUT2D eigenvalue weighted by Crippen LogP contribution is -2.03. The summed E-state index contributed by atoms with van der Waals surface area (Å²) in [7, 11) is 1.59. The van der Waals surface area contributed by atoms with Crippen molar-refractivity contribution in [2.75, 3.05) is 12.8 Å². The summed E-state index contributed by atoms with van der Waals surface area (Å²) in [5, 5.41) is 11.9. The van der Waals surface area contributed by atoms with Crippen molar-refractivity contribution in [3.05, 3.63) is 46.9 Å². The van der Waals surface area contributed by atoms with E-state index in [1.807, 2.05) is 36.4 Å². The van der Waals surface area contributed by atoms with Gasteiger partial charge in [0.15, 0.2) is 5.82 Å². The Labute approximate surface area is 129 Å². The summed E-state index contributed by atoms with van der Waals surface area (Å²) in [5.74, 6) is 1.16. The number of nitrogens with two attached hydrogens (primary N) is 1. The number of aromatic nitrogens is 4. The van der Waals surface area contributed by atoms with Gasteiger partial charge in [0.1, 0.15) is 5.75 Å². The zero-order chi connectivity index (χ0) is 14.8.